The molecule has 0 aromatic heterocycles. The molecule has 118 valence electrons. The lowest BCUT2D eigenvalue weighted by Gasteiger charge is -2.18. The van der Waals surface area contributed by atoms with Crippen molar-refractivity contribution >= 4 is 5.91 Å². The Balaban J connectivity index is 2.99. The van der Waals surface area contributed by atoms with Crippen LogP contribution in [-0.2, 0) is 9.53 Å². The first-order chi connectivity index (χ1) is 9.99. The van der Waals surface area contributed by atoms with Gasteiger partial charge in [0.1, 0.15) is 6.04 Å². The van der Waals surface area contributed by atoms with Gasteiger partial charge in [-0.15, -0.1) is 0 Å². The van der Waals surface area contributed by atoms with Gasteiger partial charge in [0.15, 0.2) is 11.5 Å². The molecule has 21 heavy (non-hydrogen) atoms. The number of methoxy groups -OCH3 is 2. The SMILES string of the molecule is COCCNC(C(N)=O)c1ccc(OC)c(OC(F)F)c1. The highest BCUT2D eigenvalue weighted by molar-refractivity contribution is 5.81. The van der Waals surface area contributed by atoms with Gasteiger partial charge in [0.05, 0.1) is 13.7 Å². The Kier molecular flexibility index (Phi) is 6.83. The van der Waals surface area contributed by atoms with Crippen LogP contribution < -0.4 is 20.5 Å². The van der Waals surface area contributed by atoms with Gasteiger partial charge in [-0.25, -0.2) is 0 Å². The highest BCUT2D eigenvalue weighted by Gasteiger charge is 2.20. The van der Waals surface area contributed by atoms with E-state index in [1.54, 1.807) is 6.07 Å². The van der Waals surface area contributed by atoms with Gasteiger partial charge in [-0.1, -0.05) is 6.07 Å². The maximum absolute atomic E-state index is 12.4. The molecule has 1 amide bonds. The molecule has 1 aromatic rings. The van der Waals surface area contributed by atoms with Crippen LogP contribution in [-0.4, -0.2) is 39.9 Å². The fraction of sp³-hybridized carbons (Fsp3) is 0.462. The van der Waals surface area contributed by atoms with Gasteiger partial charge in [0.2, 0.25) is 5.91 Å². The summed E-state index contributed by atoms with van der Waals surface area (Å²) in [6.45, 7) is -2.25. The minimum Gasteiger partial charge on any atom is -0.493 e. The molecule has 1 aromatic carbocycles. The Morgan fingerprint density at radius 2 is 2.05 bits per heavy atom. The molecule has 8 heteroatoms. The fourth-order valence-corrected chi connectivity index (χ4v) is 1.75. The summed E-state index contributed by atoms with van der Waals surface area (Å²) in [5, 5.41) is 2.87. The molecule has 0 saturated heterocycles. The largest absolute Gasteiger partial charge is 0.493 e. The first kappa shape index (κ1) is 17.1. The number of carbonyl (C=O) groups is 1. The van der Waals surface area contributed by atoms with Gasteiger partial charge in [0.25, 0.3) is 0 Å². The molecule has 1 rings (SSSR count). The van der Waals surface area contributed by atoms with Crippen molar-refractivity contribution in [2.24, 2.45) is 5.73 Å². The van der Waals surface area contributed by atoms with Crippen molar-refractivity contribution in [3.8, 4) is 11.5 Å². The molecular formula is C13H18F2N2O4. The Morgan fingerprint density at radius 1 is 1.33 bits per heavy atom. The number of nitrogens with two attached hydrogens (primary N) is 1. The monoisotopic (exact) mass is 304 g/mol. The first-order valence-electron chi connectivity index (χ1n) is 6.14. The zero-order valence-corrected chi connectivity index (χ0v) is 11.8. The van der Waals surface area contributed by atoms with E-state index in [0.29, 0.717) is 18.7 Å². The molecule has 1 atom stereocenters. The average Bonchev–Trinajstić information content (AvgIpc) is 2.42. The van der Waals surface area contributed by atoms with Crippen molar-refractivity contribution in [1.82, 2.24) is 5.32 Å². The molecule has 3 N–H and O–H groups in total. The van der Waals surface area contributed by atoms with Gasteiger partial charge in [-0.05, 0) is 17.7 Å². The summed E-state index contributed by atoms with van der Waals surface area (Å²) in [7, 11) is 2.85. The highest BCUT2D eigenvalue weighted by Crippen LogP contribution is 2.31. The van der Waals surface area contributed by atoms with Crippen LogP contribution in [0.15, 0.2) is 18.2 Å². The second-order valence-electron chi connectivity index (χ2n) is 4.07. The van der Waals surface area contributed by atoms with Crippen LogP contribution in [0.1, 0.15) is 11.6 Å². The molecule has 0 aliphatic carbocycles. The molecular weight excluding hydrogens is 286 g/mol. The Hall–Kier alpha value is -1.93. The lowest BCUT2D eigenvalue weighted by atomic mass is 10.1. The predicted molar refractivity (Wildman–Crippen MR) is 71.4 cm³/mol. The van der Waals surface area contributed by atoms with Gasteiger partial charge < -0.3 is 19.9 Å². The standard InChI is InChI=1S/C13H18F2N2O4/c1-19-6-5-17-11(12(16)18)8-3-4-9(20-2)10(7-8)21-13(14)15/h3-4,7,11,13,17H,5-6H2,1-2H3,(H2,16,18). The maximum Gasteiger partial charge on any atom is 0.387 e. The van der Waals surface area contributed by atoms with Gasteiger partial charge in [-0.2, -0.15) is 8.78 Å². The van der Waals surface area contributed by atoms with E-state index in [-0.39, 0.29) is 11.5 Å². The third-order valence-corrected chi connectivity index (χ3v) is 2.68. The van der Waals surface area contributed by atoms with E-state index in [2.05, 4.69) is 10.1 Å². The van der Waals surface area contributed by atoms with Crippen molar-refractivity contribution in [3.05, 3.63) is 23.8 Å². The van der Waals surface area contributed by atoms with Crippen LogP contribution in [0, 0.1) is 0 Å². The number of halogens is 2. The molecule has 6 nitrogen and oxygen atoms in total. The molecule has 0 aliphatic heterocycles. The second kappa shape index (κ2) is 8.38. The summed E-state index contributed by atoms with van der Waals surface area (Å²) in [5.74, 6) is -0.664. The minimum absolute atomic E-state index is 0.138. The number of benzene rings is 1. The Morgan fingerprint density at radius 3 is 2.57 bits per heavy atom. The number of carbonyl (C=O) groups excluding carboxylic acids is 1. The number of ether oxygens (including phenoxy) is 3. The number of hydrogen-bond acceptors (Lipinski definition) is 5. The van der Waals surface area contributed by atoms with E-state index in [1.165, 1.54) is 26.4 Å². The van der Waals surface area contributed by atoms with Crippen molar-refractivity contribution < 1.29 is 27.8 Å². The summed E-state index contributed by atoms with van der Waals surface area (Å²) in [6.07, 6.45) is 0. The molecule has 0 radical (unpaired) electrons. The van der Waals surface area contributed by atoms with Crippen molar-refractivity contribution in [1.29, 1.82) is 0 Å². The molecule has 0 aliphatic rings. The average molecular weight is 304 g/mol. The molecule has 0 heterocycles. The molecule has 0 saturated carbocycles. The lowest BCUT2D eigenvalue weighted by Crippen LogP contribution is -2.35. The van der Waals surface area contributed by atoms with Gasteiger partial charge in [0, 0.05) is 13.7 Å². The number of amides is 1. The number of alkyl halides is 2. The number of nitrogens with one attached hydrogen (secondary N) is 1. The summed E-state index contributed by atoms with van der Waals surface area (Å²) < 4.78 is 38.9. The van der Waals surface area contributed by atoms with Gasteiger partial charge >= 0.3 is 6.61 Å². The zero-order valence-electron chi connectivity index (χ0n) is 11.8. The smallest absolute Gasteiger partial charge is 0.387 e. The van der Waals surface area contributed by atoms with E-state index in [1.807, 2.05) is 0 Å². The summed E-state index contributed by atoms with van der Waals surface area (Å²) in [6, 6.07) is 3.43. The maximum atomic E-state index is 12.4. The normalized spacial score (nSPS) is 12.2. The molecule has 0 spiro atoms. The predicted octanol–water partition coefficient (Wildman–Crippen LogP) is 1.06. The van der Waals surface area contributed by atoms with E-state index in [4.69, 9.17) is 15.2 Å². The highest BCUT2D eigenvalue weighted by atomic mass is 19.3. The van der Waals surface area contributed by atoms with E-state index < -0.39 is 18.6 Å². The summed E-state index contributed by atoms with van der Waals surface area (Å²) in [4.78, 5) is 11.5. The lowest BCUT2D eigenvalue weighted by molar-refractivity contribution is -0.120. The number of rotatable bonds is 9. The summed E-state index contributed by atoms with van der Waals surface area (Å²) >= 11 is 0. The fourth-order valence-electron chi connectivity index (χ4n) is 1.75. The second-order valence-corrected chi connectivity index (χ2v) is 4.07. The van der Waals surface area contributed by atoms with Crippen LogP contribution in [0.2, 0.25) is 0 Å². The molecule has 0 fully saturated rings. The van der Waals surface area contributed by atoms with Gasteiger partial charge in [-0.3, -0.25) is 10.1 Å². The third kappa shape index (κ3) is 5.16. The molecule has 1 unspecified atom stereocenters. The quantitative estimate of drug-likeness (QED) is 0.667. The number of primary amides is 1. The Bertz CT molecular complexity index is 471. The van der Waals surface area contributed by atoms with Crippen LogP contribution in [0.4, 0.5) is 8.78 Å². The zero-order chi connectivity index (χ0) is 15.8. The molecule has 0 bridgehead atoms. The summed E-state index contributed by atoms with van der Waals surface area (Å²) in [5.41, 5.74) is 5.71. The van der Waals surface area contributed by atoms with Crippen molar-refractivity contribution in [2.45, 2.75) is 12.7 Å². The van der Waals surface area contributed by atoms with E-state index in [0.717, 1.165) is 0 Å². The van der Waals surface area contributed by atoms with E-state index >= 15 is 0 Å². The topological polar surface area (TPSA) is 82.8 Å². The van der Waals surface area contributed by atoms with Crippen molar-refractivity contribution in [3.63, 3.8) is 0 Å². The Labute approximate surface area is 121 Å². The van der Waals surface area contributed by atoms with Crippen LogP contribution in [0.25, 0.3) is 0 Å². The third-order valence-electron chi connectivity index (χ3n) is 2.68. The minimum atomic E-state index is -3.00. The van der Waals surface area contributed by atoms with Crippen molar-refractivity contribution in [2.75, 3.05) is 27.4 Å². The van der Waals surface area contributed by atoms with Crippen LogP contribution in [0.3, 0.4) is 0 Å². The first-order valence-corrected chi connectivity index (χ1v) is 6.14. The number of hydrogen-bond donors (Lipinski definition) is 2. The van der Waals surface area contributed by atoms with E-state index in [9.17, 15) is 13.6 Å². The van der Waals surface area contributed by atoms with Crippen LogP contribution in [0.5, 0.6) is 11.5 Å². The van der Waals surface area contributed by atoms with Crippen LogP contribution >= 0.6 is 0 Å².